The number of anilines is 1. The maximum atomic E-state index is 13.1. The van der Waals surface area contributed by atoms with E-state index in [2.05, 4.69) is 36.1 Å². The summed E-state index contributed by atoms with van der Waals surface area (Å²) in [5, 5.41) is 0. The van der Waals surface area contributed by atoms with Crippen molar-refractivity contribution in [3.05, 3.63) is 70.5 Å². The van der Waals surface area contributed by atoms with Gasteiger partial charge < -0.3 is 9.47 Å². The fourth-order valence-corrected chi connectivity index (χ4v) is 3.95. The van der Waals surface area contributed by atoms with Crippen molar-refractivity contribution in [3.63, 3.8) is 0 Å². The van der Waals surface area contributed by atoms with Gasteiger partial charge in [0.2, 0.25) is 0 Å². The van der Waals surface area contributed by atoms with Crippen LogP contribution in [0, 0.1) is 5.92 Å². The van der Waals surface area contributed by atoms with Gasteiger partial charge in [0, 0.05) is 13.1 Å². The number of para-hydroxylation sites is 2. The van der Waals surface area contributed by atoms with Crippen LogP contribution in [-0.2, 0) is 6.54 Å². The maximum Gasteiger partial charge on any atom is 0.294 e. The van der Waals surface area contributed by atoms with Crippen LogP contribution in [-0.4, -0.2) is 16.1 Å². The third-order valence-corrected chi connectivity index (χ3v) is 5.12. The molecule has 0 spiro atoms. The van der Waals surface area contributed by atoms with Crippen molar-refractivity contribution in [2.75, 3.05) is 11.4 Å². The van der Waals surface area contributed by atoms with Gasteiger partial charge in [-0.15, -0.1) is 0 Å². The predicted molar refractivity (Wildman–Crippen MR) is 102 cm³/mol. The van der Waals surface area contributed by atoms with Crippen molar-refractivity contribution in [2.45, 2.75) is 32.9 Å². The largest absolute Gasteiger partial charge is 0.345 e. The zero-order valence-corrected chi connectivity index (χ0v) is 14.7. The minimum Gasteiger partial charge on any atom is -0.345 e. The van der Waals surface area contributed by atoms with E-state index in [4.69, 9.17) is 4.98 Å². The van der Waals surface area contributed by atoms with Gasteiger partial charge in [0.15, 0.2) is 5.82 Å². The van der Waals surface area contributed by atoms with Gasteiger partial charge in [-0.05, 0) is 37.0 Å². The van der Waals surface area contributed by atoms with E-state index in [1.165, 1.54) is 5.56 Å². The van der Waals surface area contributed by atoms with Crippen LogP contribution in [0.4, 0.5) is 5.82 Å². The van der Waals surface area contributed by atoms with Crippen LogP contribution in [0.25, 0.3) is 11.0 Å². The Labute approximate surface area is 147 Å². The van der Waals surface area contributed by atoms with Gasteiger partial charge in [0.05, 0.1) is 17.1 Å². The first kappa shape index (κ1) is 15.9. The molecule has 0 aliphatic carbocycles. The molecule has 4 heteroatoms. The molecule has 0 N–H and O–H groups in total. The summed E-state index contributed by atoms with van der Waals surface area (Å²) in [6.07, 6.45) is 1.05. The average molecular weight is 333 g/mol. The summed E-state index contributed by atoms with van der Waals surface area (Å²) in [7, 11) is 0. The molecule has 0 amide bonds. The molecule has 0 radical (unpaired) electrons. The van der Waals surface area contributed by atoms with Crippen molar-refractivity contribution in [2.24, 2.45) is 5.92 Å². The lowest BCUT2D eigenvalue weighted by molar-refractivity contribution is 0.617. The van der Waals surface area contributed by atoms with Crippen molar-refractivity contribution in [3.8, 4) is 0 Å². The van der Waals surface area contributed by atoms with Gasteiger partial charge >= 0.3 is 0 Å². The van der Waals surface area contributed by atoms with E-state index < -0.39 is 0 Å². The fourth-order valence-electron chi connectivity index (χ4n) is 3.95. The van der Waals surface area contributed by atoms with Crippen LogP contribution in [0.1, 0.15) is 31.9 Å². The summed E-state index contributed by atoms with van der Waals surface area (Å²) in [6, 6.07) is 18.6. The molecular weight excluding hydrogens is 310 g/mol. The lowest BCUT2D eigenvalue weighted by atomic mass is 10.0. The Balaban J connectivity index is 1.88. The number of aryl methyl sites for hydroxylation is 1. The van der Waals surface area contributed by atoms with Gasteiger partial charge in [-0.3, -0.25) is 4.79 Å². The van der Waals surface area contributed by atoms with Crippen molar-refractivity contribution < 1.29 is 0 Å². The van der Waals surface area contributed by atoms with E-state index in [1.54, 1.807) is 0 Å². The van der Waals surface area contributed by atoms with Crippen molar-refractivity contribution >= 4 is 16.9 Å². The zero-order valence-electron chi connectivity index (χ0n) is 14.7. The Morgan fingerprint density at radius 2 is 1.80 bits per heavy atom. The normalized spacial score (nSPS) is 20.3. The third kappa shape index (κ3) is 2.72. The molecule has 4 nitrogen and oxygen atoms in total. The molecule has 3 aromatic rings. The minimum absolute atomic E-state index is 0.0104. The second-order valence-electron chi connectivity index (χ2n) is 6.89. The van der Waals surface area contributed by atoms with Crippen molar-refractivity contribution in [1.82, 2.24) is 9.55 Å². The zero-order chi connectivity index (χ0) is 17.4. The topological polar surface area (TPSA) is 38.1 Å². The molecule has 1 aliphatic heterocycles. The van der Waals surface area contributed by atoms with E-state index in [0.29, 0.717) is 18.3 Å². The predicted octanol–water partition coefficient (Wildman–Crippen LogP) is 4.00. The summed E-state index contributed by atoms with van der Waals surface area (Å²) in [4.78, 5) is 20.1. The Hall–Kier alpha value is -2.62. The van der Waals surface area contributed by atoms with Crippen LogP contribution in [0.15, 0.2) is 59.4 Å². The molecule has 1 fully saturated rings. The fraction of sp³-hybridized carbons (Fsp3) is 0.333. The molecule has 0 saturated carbocycles. The lowest BCUT2D eigenvalue weighted by Crippen LogP contribution is -2.33. The van der Waals surface area contributed by atoms with E-state index in [-0.39, 0.29) is 11.6 Å². The van der Waals surface area contributed by atoms with E-state index >= 15 is 0 Å². The quantitative estimate of drug-likeness (QED) is 0.727. The first-order chi connectivity index (χ1) is 12.2. The number of hydrogen-bond donors (Lipinski definition) is 0. The molecule has 2 heterocycles. The Morgan fingerprint density at radius 3 is 2.56 bits per heavy atom. The summed E-state index contributed by atoms with van der Waals surface area (Å²) in [5.74, 6) is 1.12. The van der Waals surface area contributed by atoms with Crippen LogP contribution < -0.4 is 10.5 Å². The molecule has 1 saturated heterocycles. The molecule has 0 unspecified atom stereocenters. The van der Waals surface area contributed by atoms with Gasteiger partial charge in [-0.25, -0.2) is 4.98 Å². The second kappa shape index (κ2) is 6.36. The Kier molecular flexibility index (Phi) is 4.04. The molecule has 1 aromatic heterocycles. The highest BCUT2D eigenvalue weighted by atomic mass is 16.1. The van der Waals surface area contributed by atoms with E-state index in [9.17, 15) is 4.79 Å². The van der Waals surface area contributed by atoms with Gasteiger partial charge in [0.1, 0.15) is 0 Å². The summed E-state index contributed by atoms with van der Waals surface area (Å²) in [5.41, 5.74) is 3.05. The highest BCUT2D eigenvalue weighted by molar-refractivity contribution is 5.76. The first-order valence-corrected chi connectivity index (χ1v) is 9.00. The molecule has 2 aromatic carbocycles. The summed E-state index contributed by atoms with van der Waals surface area (Å²) < 4.78 is 1.84. The minimum atomic E-state index is 0.0104. The first-order valence-electron chi connectivity index (χ1n) is 9.00. The number of rotatable bonds is 3. The Bertz CT molecular complexity index is 948. The average Bonchev–Trinajstić information content (AvgIpc) is 3.03. The highest BCUT2D eigenvalue weighted by Gasteiger charge is 2.33. The number of nitrogens with zero attached hydrogens (tertiary/aromatic N) is 3. The lowest BCUT2D eigenvalue weighted by Gasteiger charge is -2.26. The number of benzene rings is 2. The molecule has 128 valence electrons. The second-order valence-corrected chi connectivity index (χ2v) is 6.89. The van der Waals surface area contributed by atoms with E-state index in [0.717, 1.165) is 24.0 Å². The maximum absolute atomic E-state index is 13.1. The van der Waals surface area contributed by atoms with Gasteiger partial charge in [-0.1, -0.05) is 49.4 Å². The summed E-state index contributed by atoms with van der Waals surface area (Å²) in [6.45, 7) is 5.77. The standard InChI is InChI=1S/C21H23N3O/c1-3-23-18-12-8-7-11-17(18)22-20(21(23)25)24-14-15(2)13-19(24)16-9-5-4-6-10-16/h4-12,15,19H,3,13-14H2,1-2H3/t15-,19+/m1/s1. The van der Waals surface area contributed by atoms with Crippen LogP contribution in [0.5, 0.6) is 0 Å². The van der Waals surface area contributed by atoms with Crippen LogP contribution >= 0.6 is 0 Å². The Morgan fingerprint density at radius 1 is 1.08 bits per heavy atom. The van der Waals surface area contributed by atoms with Gasteiger partial charge in [-0.2, -0.15) is 0 Å². The smallest absolute Gasteiger partial charge is 0.294 e. The highest BCUT2D eigenvalue weighted by Crippen LogP contribution is 2.37. The SMILES string of the molecule is CCn1c(=O)c(N2C[C@H](C)C[C@H]2c2ccccc2)nc2ccccc21. The molecular formula is C21H23N3O. The molecule has 2 atom stereocenters. The number of hydrogen-bond acceptors (Lipinski definition) is 3. The molecule has 0 bridgehead atoms. The van der Waals surface area contributed by atoms with Crippen molar-refractivity contribution in [1.29, 1.82) is 0 Å². The van der Waals surface area contributed by atoms with Gasteiger partial charge in [0.25, 0.3) is 5.56 Å². The third-order valence-electron chi connectivity index (χ3n) is 5.12. The molecule has 1 aliphatic rings. The molecule has 25 heavy (non-hydrogen) atoms. The van der Waals surface area contributed by atoms with Crippen LogP contribution in [0.2, 0.25) is 0 Å². The molecule has 4 rings (SSSR count). The van der Waals surface area contributed by atoms with Crippen LogP contribution in [0.3, 0.4) is 0 Å². The monoisotopic (exact) mass is 333 g/mol. The summed E-state index contributed by atoms with van der Waals surface area (Å²) >= 11 is 0. The van der Waals surface area contributed by atoms with E-state index in [1.807, 2.05) is 41.8 Å². The number of fused-ring (bicyclic) bond motifs is 1. The number of aromatic nitrogens is 2.